The lowest BCUT2D eigenvalue weighted by Crippen LogP contribution is -2.38. The maximum absolute atomic E-state index is 14.2. The molecule has 2 heterocycles. The summed E-state index contributed by atoms with van der Waals surface area (Å²) in [6, 6.07) is 8.69. The Morgan fingerprint density at radius 3 is 2.68 bits per heavy atom. The van der Waals surface area contributed by atoms with Crippen LogP contribution in [0.1, 0.15) is 17.3 Å². The van der Waals surface area contributed by atoms with E-state index in [1.165, 1.54) is 31.5 Å². The number of carbonyl (C=O) groups excluding carboxylic acids is 3. The number of hydrogen-bond donors (Lipinski definition) is 1. The van der Waals surface area contributed by atoms with Gasteiger partial charge in [0.05, 0.1) is 23.4 Å². The molecule has 1 unspecified atom stereocenters. The van der Waals surface area contributed by atoms with E-state index in [0.717, 1.165) is 22.7 Å². The lowest BCUT2D eigenvalue weighted by molar-refractivity contribution is -0.126. The number of hydrogen-bond acceptors (Lipinski definition) is 7. The fraction of sp³-hybridized carbons (Fsp3) is 0.217. The van der Waals surface area contributed by atoms with Crippen LogP contribution in [0.15, 0.2) is 42.6 Å². The second-order valence-corrected chi connectivity index (χ2v) is 9.06. The third-order valence-electron chi connectivity index (χ3n) is 5.11. The van der Waals surface area contributed by atoms with Gasteiger partial charge in [-0.1, -0.05) is 23.4 Å². The van der Waals surface area contributed by atoms with Gasteiger partial charge in [-0.2, -0.15) is 0 Å². The van der Waals surface area contributed by atoms with E-state index in [2.05, 4.69) is 10.3 Å². The van der Waals surface area contributed by atoms with Crippen molar-refractivity contribution >= 4 is 51.3 Å². The Labute approximate surface area is 203 Å². The van der Waals surface area contributed by atoms with E-state index >= 15 is 0 Å². The van der Waals surface area contributed by atoms with Gasteiger partial charge in [-0.3, -0.25) is 24.3 Å². The molecule has 8 nitrogen and oxygen atoms in total. The van der Waals surface area contributed by atoms with Crippen molar-refractivity contribution in [2.45, 2.75) is 12.2 Å². The monoisotopic (exact) mass is 503 g/mol. The molecule has 0 bridgehead atoms. The van der Waals surface area contributed by atoms with E-state index in [0.29, 0.717) is 10.9 Å². The zero-order chi connectivity index (χ0) is 24.4. The smallest absolute Gasteiger partial charge is 0.289 e. The average Bonchev–Trinajstić information content (AvgIpc) is 3.05. The summed E-state index contributed by atoms with van der Waals surface area (Å²) < 4.78 is 25.3. The van der Waals surface area contributed by atoms with Crippen molar-refractivity contribution in [3.63, 3.8) is 0 Å². The third kappa shape index (κ3) is 4.78. The van der Waals surface area contributed by atoms with Gasteiger partial charge in [-0.05, 0) is 37.3 Å². The van der Waals surface area contributed by atoms with E-state index in [-0.39, 0.29) is 52.1 Å². The first-order valence-corrected chi connectivity index (χ1v) is 11.4. The predicted molar refractivity (Wildman–Crippen MR) is 126 cm³/mol. The molecule has 0 radical (unpaired) electrons. The van der Waals surface area contributed by atoms with Crippen LogP contribution in [0, 0.1) is 5.82 Å². The number of nitrogens with one attached hydrogen (secondary N) is 1. The van der Waals surface area contributed by atoms with Crippen LogP contribution < -0.4 is 14.8 Å². The van der Waals surface area contributed by atoms with Crippen LogP contribution in [0.2, 0.25) is 5.02 Å². The number of fused-ring (bicyclic) bond motifs is 1. The van der Waals surface area contributed by atoms with Gasteiger partial charge in [0, 0.05) is 35.8 Å². The van der Waals surface area contributed by atoms with E-state index in [9.17, 15) is 18.8 Å². The van der Waals surface area contributed by atoms with Gasteiger partial charge in [0.25, 0.3) is 11.1 Å². The van der Waals surface area contributed by atoms with Crippen LogP contribution in [-0.2, 0) is 4.79 Å². The van der Waals surface area contributed by atoms with E-state index < -0.39 is 17.0 Å². The summed E-state index contributed by atoms with van der Waals surface area (Å²) in [5.74, 6) is -0.888. The SMILES string of the molecule is COc1cc2nccc(Oc3ccc(Cl)cc3F)c2cc1C(=O)NCCN1C(=O)SC(C)C1=O. The van der Waals surface area contributed by atoms with E-state index in [1.807, 2.05) is 0 Å². The number of ether oxygens (including phenoxy) is 2. The Bertz CT molecular complexity index is 1310. The Morgan fingerprint density at radius 1 is 1.21 bits per heavy atom. The molecular weight excluding hydrogens is 485 g/mol. The van der Waals surface area contributed by atoms with Gasteiger partial charge in [0.15, 0.2) is 11.6 Å². The van der Waals surface area contributed by atoms with Crippen molar-refractivity contribution in [1.82, 2.24) is 15.2 Å². The molecule has 1 atom stereocenters. The molecule has 3 aromatic rings. The Kier molecular flexibility index (Phi) is 6.90. The highest BCUT2D eigenvalue weighted by Crippen LogP contribution is 2.34. The molecule has 1 aliphatic rings. The van der Waals surface area contributed by atoms with Crippen molar-refractivity contribution in [2.75, 3.05) is 20.2 Å². The second kappa shape index (κ2) is 9.86. The van der Waals surface area contributed by atoms with Crippen molar-refractivity contribution in [1.29, 1.82) is 0 Å². The van der Waals surface area contributed by atoms with E-state index in [4.69, 9.17) is 21.1 Å². The van der Waals surface area contributed by atoms with Gasteiger partial charge in [-0.15, -0.1) is 0 Å². The van der Waals surface area contributed by atoms with Gasteiger partial charge in [0.1, 0.15) is 11.5 Å². The lowest BCUT2D eigenvalue weighted by Gasteiger charge is -2.15. The molecule has 1 fully saturated rings. The number of rotatable bonds is 7. The minimum Gasteiger partial charge on any atom is -0.496 e. The van der Waals surface area contributed by atoms with Crippen molar-refractivity contribution in [3.8, 4) is 17.2 Å². The Balaban J connectivity index is 1.58. The fourth-order valence-corrected chi connectivity index (χ4v) is 4.41. The molecule has 11 heteroatoms. The molecule has 1 aromatic heterocycles. The molecule has 1 aliphatic heterocycles. The maximum atomic E-state index is 14.2. The van der Waals surface area contributed by atoms with Crippen molar-refractivity contribution in [3.05, 3.63) is 59.0 Å². The number of carbonyl (C=O) groups is 3. The number of thioether (sulfide) groups is 1. The Hall–Kier alpha value is -3.37. The van der Waals surface area contributed by atoms with Gasteiger partial charge < -0.3 is 14.8 Å². The number of aromatic nitrogens is 1. The highest BCUT2D eigenvalue weighted by atomic mass is 35.5. The molecule has 2 aromatic carbocycles. The number of amides is 3. The average molecular weight is 504 g/mol. The predicted octanol–water partition coefficient (Wildman–Crippen LogP) is 4.64. The van der Waals surface area contributed by atoms with Crippen LogP contribution in [0.3, 0.4) is 0 Å². The highest BCUT2D eigenvalue weighted by Gasteiger charge is 2.36. The van der Waals surface area contributed by atoms with Crippen LogP contribution in [0.4, 0.5) is 9.18 Å². The molecule has 0 saturated carbocycles. The van der Waals surface area contributed by atoms with Gasteiger partial charge in [0.2, 0.25) is 5.91 Å². The van der Waals surface area contributed by atoms with E-state index in [1.54, 1.807) is 19.1 Å². The molecule has 34 heavy (non-hydrogen) atoms. The van der Waals surface area contributed by atoms with Crippen LogP contribution in [0.5, 0.6) is 17.2 Å². The second-order valence-electron chi connectivity index (χ2n) is 7.33. The Morgan fingerprint density at radius 2 is 2.00 bits per heavy atom. The molecule has 0 aliphatic carbocycles. The fourth-order valence-electron chi connectivity index (χ4n) is 3.41. The number of imide groups is 1. The van der Waals surface area contributed by atoms with Crippen LogP contribution >= 0.6 is 23.4 Å². The summed E-state index contributed by atoms with van der Waals surface area (Å²) in [5.41, 5.74) is 0.658. The summed E-state index contributed by atoms with van der Waals surface area (Å²) >= 11 is 6.76. The summed E-state index contributed by atoms with van der Waals surface area (Å²) in [7, 11) is 1.42. The molecule has 1 saturated heterocycles. The largest absolute Gasteiger partial charge is 0.496 e. The number of pyridine rings is 1. The lowest BCUT2D eigenvalue weighted by atomic mass is 10.1. The number of benzene rings is 2. The minimum absolute atomic E-state index is 0.0363. The number of nitrogens with zero attached hydrogens (tertiary/aromatic N) is 2. The van der Waals surface area contributed by atoms with Gasteiger partial charge >= 0.3 is 0 Å². The van der Waals surface area contributed by atoms with Crippen LogP contribution in [-0.4, -0.2) is 52.4 Å². The maximum Gasteiger partial charge on any atom is 0.289 e. The van der Waals surface area contributed by atoms with Gasteiger partial charge in [-0.25, -0.2) is 4.39 Å². The zero-order valence-corrected chi connectivity index (χ0v) is 19.7. The summed E-state index contributed by atoms with van der Waals surface area (Å²) in [4.78, 5) is 42.2. The normalized spacial score (nSPS) is 15.6. The zero-order valence-electron chi connectivity index (χ0n) is 18.1. The first kappa shape index (κ1) is 23.8. The summed E-state index contributed by atoms with van der Waals surface area (Å²) in [6.07, 6.45) is 1.49. The molecular formula is C23H19ClFN3O5S. The number of halogens is 2. The molecule has 1 N–H and O–H groups in total. The topological polar surface area (TPSA) is 97.8 Å². The quantitative estimate of drug-likeness (QED) is 0.501. The first-order chi connectivity index (χ1) is 16.3. The van der Waals surface area contributed by atoms with Crippen molar-refractivity contribution < 1.29 is 28.2 Å². The van der Waals surface area contributed by atoms with Crippen molar-refractivity contribution in [2.24, 2.45) is 0 Å². The molecule has 176 valence electrons. The summed E-state index contributed by atoms with van der Waals surface area (Å²) in [5, 5.41) is 2.62. The van der Waals surface area contributed by atoms with Crippen LogP contribution in [0.25, 0.3) is 10.9 Å². The highest BCUT2D eigenvalue weighted by molar-refractivity contribution is 8.15. The molecule has 4 rings (SSSR count). The molecule has 0 spiro atoms. The standard InChI is InChI=1S/C23H19ClFN3O5S/c1-12-22(30)28(23(31)34-12)8-7-27-21(29)15-10-14-17(11-20(15)32-2)26-6-5-18(14)33-19-4-3-13(24)9-16(19)25/h3-6,9-12H,7-8H2,1-2H3,(H,27,29). The minimum atomic E-state index is -0.637. The third-order valence-corrected chi connectivity index (χ3v) is 6.33. The number of methoxy groups -OCH3 is 1. The summed E-state index contributed by atoms with van der Waals surface area (Å²) in [6.45, 7) is 1.78. The first-order valence-electron chi connectivity index (χ1n) is 10.2. The molecule has 3 amide bonds.